The first kappa shape index (κ1) is 14.8. The highest BCUT2D eigenvalue weighted by Crippen LogP contribution is 2.37. The third-order valence-electron chi connectivity index (χ3n) is 2.65. The number of ether oxygens (including phenoxy) is 1. The van der Waals surface area contributed by atoms with Crippen LogP contribution in [0, 0.1) is 0 Å². The van der Waals surface area contributed by atoms with Crippen LogP contribution < -0.4 is 4.74 Å². The molecule has 6 heteroatoms. The molecule has 0 bridgehead atoms. The van der Waals surface area contributed by atoms with Crippen LogP contribution in [0.4, 0.5) is 13.2 Å². The number of pyridine rings is 1. The molecule has 2 aromatic rings. The van der Waals surface area contributed by atoms with Crippen LogP contribution >= 0.6 is 15.9 Å². The zero-order chi connectivity index (χ0) is 14.6. The van der Waals surface area contributed by atoms with E-state index in [1.807, 2.05) is 0 Å². The number of nitrogens with zero attached hydrogens (tertiary/aromatic N) is 1. The predicted molar refractivity (Wildman–Crippen MR) is 72.6 cm³/mol. The van der Waals surface area contributed by atoms with Crippen LogP contribution in [0.15, 0.2) is 42.7 Å². The van der Waals surface area contributed by atoms with Gasteiger partial charge in [-0.15, -0.1) is 0 Å². The van der Waals surface area contributed by atoms with E-state index in [-0.39, 0.29) is 12.4 Å². The van der Waals surface area contributed by atoms with Gasteiger partial charge in [0.15, 0.2) is 0 Å². The van der Waals surface area contributed by atoms with Crippen LogP contribution in [-0.4, -0.2) is 4.98 Å². The smallest absolute Gasteiger partial charge is 0.419 e. The van der Waals surface area contributed by atoms with E-state index in [1.165, 1.54) is 6.07 Å². The molecular formula is C14H11BrF3NO. The number of hydrogen-bond donors (Lipinski definition) is 0. The molecule has 0 unspecified atom stereocenters. The molecule has 0 saturated heterocycles. The second-order valence-electron chi connectivity index (χ2n) is 4.11. The van der Waals surface area contributed by atoms with Crippen molar-refractivity contribution in [2.24, 2.45) is 0 Å². The van der Waals surface area contributed by atoms with Gasteiger partial charge in [-0.05, 0) is 35.4 Å². The summed E-state index contributed by atoms with van der Waals surface area (Å²) >= 11 is 3.14. The molecule has 0 fully saturated rings. The first-order valence-electron chi connectivity index (χ1n) is 5.78. The lowest BCUT2D eigenvalue weighted by atomic mass is 10.1. The maximum atomic E-state index is 13.0. The molecule has 0 radical (unpaired) electrons. The molecule has 0 amide bonds. The molecule has 1 aromatic heterocycles. The normalized spacial score (nSPS) is 11.4. The topological polar surface area (TPSA) is 22.1 Å². The van der Waals surface area contributed by atoms with Crippen molar-refractivity contribution in [3.8, 4) is 5.75 Å². The van der Waals surface area contributed by atoms with Crippen molar-refractivity contribution in [1.82, 2.24) is 4.98 Å². The summed E-state index contributed by atoms with van der Waals surface area (Å²) in [5.74, 6) is -0.168. The van der Waals surface area contributed by atoms with Crippen LogP contribution in [0.25, 0.3) is 0 Å². The lowest BCUT2D eigenvalue weighted by molar-refractivity contribution is -0.139. The standard InChI is InChI=1S/C14H11BrF3NO/c15-8-11-1-2-13(12(7-11)14(16,17)18)20-9-10-3-5-19-6-4-10/h1-7H,8-9H2. The first-order valence-corrected chi connectivity index (χ1v) is 6.90. The molecule has 20 heavy (non-hydrogen) atoms. The van der Waals surface area contributed by atoms with E-state index in [9.17, 15) is 13.2 Å². The summed E-state index contributed by atoms with van der Waals surface area (Å²) in [4.78, 5) is 3.84. The number of aromatic nitrogens is 1. The van der Waals surface area contributed by atoms with Gasteiger partial charge < -0.3 is 4.74 Å². The molecular weight excluding hydrogens is 335 g/mol. The molecule has 0 aliphatic heterocycles. The quantitative estimate of drug-likeness (QED) is 0.757. The fraction of sp³-hybridized carbons (Fsp3) is 0.214. The molecule has 0 atom stereocenters. The van der Waals surface area contributed by atoms with E-state index < -0.39 is 11.7 Å². The molecule has 0 aliphatic rings. The third-order valence-corrected chi connectivity index (χ3v) is 3.29. The predicted octanol–water partition coefficient (Wildman–Crippen LogP) is 4.57. The summed E-state index contributed by atoms with van der Waals surface area (Å²) in [7, 11) is 0. The van der Waals surface area contributed by atoms with E-state index in [0.717, 1.165) is 11.6 Å². The van der Waals surface area contributed by atoms with Gasteiger partial charge in [-0.25, -0.2) is 0 Å². The van der Waals surface area contributed by atoms with Crippen LogP contribution in [0.2, 0.25) is 0 Å². The maximum absolute atomic E-state index is 13.0. The molecule has 2 rings (SSSR count). The summed E-state index contributed by atoms with van der Waals surface area (Å²) < 4.78 is 44.2. The SMILES string of the molecule is FC(F)(F)c1cc(CBr)ccc1OCc1ccncc1. The van der Waals surface area contributed by atoms with Gasteiger partial charge in [0.25, 0.3) is 0 Å². The highest BCUT2D eigenvalue weighted by atomic mass is 79.9. The molecule has 2 nitrogen and oxygen atoms in total. The fourth-order valence-corrected chi connectivity index (χ4v) is 2.00. The monoisotopic (exact) mass is 345 g/mol. The number of hydrogen-bond acceptors (Lipinski definition) is 2. The minimum Gasteiger partial charge on any atom is -0.488 e. The second kappa shape index (κ2) is 6.26. The highest BCUT2D eigenvalue weighted by Gasteiger charge is 2.34. The van der Waals surface area contributed by atoms with E-state index in [2.05, 4.69) is 20.9 Å². The number of rotatable bonds is 4. The van der Waals surface area contributed by atoms with Crippen molar-refractivity contribution < 1.29 is 17.9 Å². The number of benzene rings is 1. The van der Waals surface area contributed by atoms with Crippen molar-refractivity contribution >= 4 is 15.9 Å². The molecule has 1 aromatic carbocycles. The van der Waals surface area contributed by atoms with E-state index >= 15 is 0 Å². The van der Waals surface area contributed by atoms with Crippen LogP contribution in [0.1, 0.15) is 16.7 Å². The molecule has 0 spiro atoms. The zero-order valence-electron chi connectivity index (χ0n) is 10.3. The van der Waals surface area contributed by atoms with Gasteiger partial charge in [0.05, 0.1) is 5.56 Å². The Hall–Kier alpha value is -1.56. The van der Waals surface area contributed by atoms with Crippen molar-refractivity contribution in [2.75, 3.05) is 0 Å². The minimum atomic E-state index is -4.44. The van der Waals surface area contributed by atoms with Gasteiger partial charge in [-0.1, -0.05) is 22.0 Å². The first-order chi connectivity index (χ1) is 9.50. The van der Waals surface area contributed by atoms with Gasteiger partial charge in [-0.2, -0.15) is 13.2 Å². The van der Waals surface area contributed by atoms with Gasteiger partial charge >= 0.3 is 6.18 Å². The number of alkyl halides is 4. The van der Waals surface area contributed by atoms with Crippen molar-refractivity contribution in [2.45, 2.75) is 18.1 Å². The molecule has 0 saturated carbocycles. The Kier molecular flexibility index (Phi) is 4.65. The van der Waals surface area contributed by atoms with Crippen molar-refractivity contribution in [1.29, 1.82) is 0 Å². The molecule has 0 N–H and O–H groups in total. The Labute approximate surface area is 122 Å². The fourth-order valence-electron chi connectivity index (χ4n) is 1.65. The molecule has 106 valence electrons. The Bertz CT molecular complexity index is 572. The highest BCUT2D eigenvalue weighted by molar-refractivity contribution is 9.08. The van der Waals surface area contributed by atoms with Gasteiger partial charge in [0.2, 0.25) is 0 Å². The number of halogens is 4. The average Bonchev–Trinajstić information content (AvgIpc) is 2.45. The largest absolute Gasteiger partial charge is 0.488 e. The average molecular weight is 346 g/mol. The van der Waals surface area contributed by atoms with E-state index in [1.54, 1.807) is 30.6 Å². The zero-order valence-corrected chi connectivity index (χ0v) is 11.9. The lowest BCUT2D eigenvalue weighted by Gasteiger charge is -2.15. The van der Waals surface area contributed by atoms with Crippen LogP contribution in [-0.2, 0) is 18.1 Å². The lowest BCUT2D eigenvalue weighted by Crippen LogP contribution is -2.09. The summed E-state index contributed by atoms with van der Waals surface area (Å²) in [6, 6.07) is 7.43. The summed E-state index contributed by atoms with van der Waals surface area (Å²) in [6.45, 7) is 0.0687. The third kappa shape index (κ3) is 3.72. The van der Waals surface area contributed by atoms with Gasteiger partial charge in [-0.3, -0.25) is 4.98 Å². The maximum Gasteiger partial charge on any atom is 0.419 e. The van der Waals surface area contributed by atoms with Crippen LogP contribution in [0.5, 0.6) is 5.75 Å². The minimum absolute atomic E-state index is 0.0687. The Morgan fingerprint density at radius 1 is 1.05 bits per heavy atom. The summed E-state index contributed by atoms with van der Waals surface area (Å²) in [5.41, 5.74) is 0.551. The Balaban J connectivity index is 2.23. The second-order valence-corrected chi connectivity index (χ2v) is 4.67. The van der Waals surface area contributed by atoms with Crippen molar-refractivity contribution in [3.63, 3.8) is 0 Å². The van der Waals surface area contributed by atoms with Gasteiger partial charge in [0, 0.05) is 17.7 Å². The van der Waals surface area contributed by atoms with Crippen molar-refractivity contribution in [3.05, 3.63) is 59.4 Å². The van der Waals surface area contributed by atoms with Crippen LogP contribution in [0.3, 0.4) is 0 Å². The summed E-state index contributed by atoms with van der Waals surface area (Å²) in [5, 5.41) is 0.362. The Morgan fingerprint density at radius 2 is 1.75 bits per heavy atom. The van der Waals surface area contributed by atoms with E-state index in [0.29, 0.717) is 10.9 Å². The van der Waals surface area contributed by atoms with E-state index in [4.69, 9.17) is 4.74 Å². The molecule has 0 aliphatic carbocycles. The Morgan fingerprint density at radius 3 is 2.35 bits per heavy atom. The van der Waals surface area contributed by atoms with Gasteiger partial charge in [0.1, 0.15) is 12.4 Å². The summed E-state index contributed by atoms with van der Waals surface area (Å²) in [6.07, 6.45) is -1.31. The molecule has 1 heterocycles.